The van der Waals surface area contributed by atoms with Gasteiger partial charge in [0.1, 0.15) is 0 Å². The van der Waals surface area contributed by atoms with E-state index in [4.69, 9.17) is 0 Å². The first-order valence-electron chi connectivity index (χ1n) is 7.08. The number of rotatable bonds is 11. The summed E-state index contributed by atoms with van der Waals surface area (Å²) in [6, 6.07) is 0. The fourth-order valence-electron chi connectivity index (χ4n) is 1.56. The lowest BCUT2D eigenvalue weighted by molar-refractivity contribution is -0.354. The third-order valence-corrected chi connectivity index (χ3v) is 3.90. The minimum absolute atomic E-state index is 0.0953. The van der Waals surface area contributed by atoms with Crippen LogP contribution >= 0.6 is 0 Å². The van der Waals surface area contributed by atoms with Crippen LogP contribution in [0.1, 0.15) is 12.8 Å². The summed E-state index contributed by atoms with van der Waals surface area (Å²) in [4.78, 5) is 22.7. The smallest absolute Gasteiger partial charge is 0.468 e. The summed E-state index contributed by atoms with van der Waals surface area (Å²) in [6.07, 6.45) is -9.69. The van der Waals surface area contributed by atoms with Gasteiger partial charge in [-0.25, -0.2) is 18.0 Å². The summed E-state index contributed by atoms with van der Waals surface area (Å²) >= 11 is 0. The molecule has 0 bridgehead atoms. The Labute approximate surface area is 162 Å². The van der Waals surface area contributed by atoms with Gasteiger partial charge in [0.05, 0.1) is 12.9 Å². The van der Waals surface area contributed by atoms with E-state index in [2.05, 4.69) is 27.4 Å². The quantitative estimate of drug-likeness (QED) is 0.0844. The molecule has 0 amide bonds. The van der Waals surface area contributed by atoms with Gasteiger partial charge in [-0.1, -0.05) is 13.2 Å². The largest absolute Gasteiger partial charge is 0.743 e. The van der Waals surface area contributed by atoms with Gasteiger partial charge in [0, 0.05) is 6.42 Å². The van der Waals surface area contributed by atoms with Gasteiger partial charge in [0.25, 0.3) is 0 Å². The molecule has 0 aliphatic carbocycles. The van der Waals surface area contributed by atoms with Gasteiger partial charge in [-0.05, 0) is 6.42 Å². The van der Waals surface area contributed by atoms with Crippen molar-refractivity contribution in [3.63, 3.8) is 0 Å². The number of ether oxygens (including phenoxy) is 3. The van der Waals surface area contributed by atoms with Crippen molar-refractivity contribution in [2.24, 2.45) is 0 Å². The second kappa shape index (κ2) is 9.25. The number of halogens is 8. The summed E-state index contributed by atoms with van der Waals surface area (Å²) in [6.45, 7) is 3.30. The van der Waals surface area contributed by atoms with Gasteiger partial charge in [0.2, 0.25) is 5.83 Å². The van der Waals surface area contributed by atoms with Crippen molar-refractivity contribution in [3.8, 4) is 0 Å². The molecule has 1 unspecified atom stereocenters. The van der Waals surface area contributed by atoms with E-state index in [0.29, 0.717) is 0 Å². The predicted molar refractivity (Wildman–Crippen MR) is 76.2 cm³/mol. The summed E-state index contributed by atoms with van der Waals surface area (Å²) in [5, 5.41) is -6.12. The van der Waals surface area contributed by atoms with E-state index in [-0.39, 0.29) is 6.26 Å². The van der Waals surface area contributed by atoms with E-state index >= 15 is 0 Å². The molecule has 0 aliphatic heterocycles. The lowest BCUT2D eigenvalue weighted by Crippen LogP contribution is -2.58. The molecule has 0 N–H and O–H groups in total. The molecule has 0 aromatic heterocycles. The number of hydrogen-bond donors (Lipinski definition) is 0. The second-order valence-corrected chi connectivity index (χ2v) is 6.53. The van der Waals surface area contributed by atoms with Gasteiger partial charge < -0.3 is 18.8 Å². The standard InChI is InChI=1S/C13H12F8O8S/c1-3-27-9(23)11(12(17,18)19,29-8(22)7(2)14)28-6-4-5-10(15,16)13(20,21)30(24,25)26/h3H,1-2,4-6H2,(H,24,25,26)/p-1. The maximum Gasteiger partial charge on any atom is 0.468 e. The monoisotopic (exact) mass is 479 g/mol. The van der Waals surface area contributed by atoms with E-state index in [1.54, 1.807) is 0 Å². The molecule has 0 heterocycles. The fourth-order valence-corrected chi connectivity index (χ4v) is 2.03. The van der Waals surface area contributed by atoms with Crippen molar-refractivity contribution in [2.75, 3.05) is 6.61 Å². The molecule has 8 nitrogen and oxygen atoms in total. The van der Waals surface area contributed by atoms with E-state index in [0.717, 1.165) is 0 Å². The molecule has 0 saturated heterocycles. The molecule has 17 heteroatoms. The van der Waals surface area contributed by atoms with Crippen molar-refractivity contribution in [3.05, 3.63) is 25.2 Å². The summed E-state index contributed by atoms with van der Waals surface area (Å²) in [5.41, 5.74) is 0. The van der Waals surface area contributed by atoms with Gasteiger partial charge in [-0.15, -0.1) is 0 Å². The lowest BCUT2D eigenvalue weighted by Gasteiger charge is -2.32. The average Bonchev–Trinajstić information content (AvgIpc) is 2.55. The molecule has 30 heavy (non-hydrogen) atoms. The van der Waals surface area contributed by atoms with Crippen LogP contribution in [0.25, 0.3) is 0 Å². The third-order valence-electron chi connectivity index (χ3n) is 2.97. The third kappa shape index (κ3) is 5.88. The topological polar surface area (TPSA) is 119 Å². The van der Waals surface area contributed by atoms with Crippen molar-refractivity contribution in [1.82, 2.24) is 0 Å². The van der Waals surface area contributed by atoms with Crippen LogP contribution in [0.2, 0.25) is 0 Å². The zero-order chi connectivity index (χ0) is 24.2. The molecule has 174 valence electrons. The van der Waals surface area contributed by atoms with Crippen LogP contribution in [0, 0.1) is 0 Å². The first-order valence-corrected chi connectivity index (χ1v) is 8.49. The molecule has 0 spiro atoms. The van der Waals surface area contributed by atoms with Crippen molar-refractivity contribution in [2.45, 2.75) is 36.0 Å². The van der Waals surface area contributed by atoms with Crippen LogP contribution in [-0.4, -0.2) is 54.7 Å². The Morgan fingerprint density at radius 2 is 1.57 bits per heavy atom. The predicted octanol–water partition coefficient (Wildman–Crippen LogP) is 2.53. The maximum absolute atomic E-state index is 13.3. The zero-order valence-corrected chi connectivity index (χ0v) is 15.1. The van der Waals surface area contributed by atoms with E-state index < -0.39 is 70.5 Å². The van der Waals surface area contributed by atoms with Gasteiger partial charge in [0.15, 0.2) is 10.1 Å². The molecule has 0 rings (SSSR count). The van der Waals surface area contributed by atoms with Gasteiger partial charge >= 0.3 is 35.1 Å². The molecule has 1 atom stereocenters. The van der Waals surface area contributed by atoms with Gasteiger partial charge in [-0.3, -0.25) is 0 Å². The fraction of sp³-hybridized carbons (Fsp3) is 0.538. The second-order valence-electron chi connectivity index (χ2n) is 5.11. The number of esters is 2. The first kappa shape index (κ1) is 27.7. The van der Waals surface area contributed by atoms with Crippen molar-refractivity contribution < 1.29 is 71.9 Å². The highest BCUT2D eigenvalue weighted by atomic mass is 32.2. The van der Waals surface area contributed by atoms with Crippen molar-refractivity contribution in [1.29, 1.82) is 0 Å². The molecule has 0 aromatic rings. The zero-order valence-electron chi connectivity index (χ0n) is 14.3. The SMILES string of the molecule is C=COC(=O)C(OCCCC(F)(F)C(F)(F)S(=O)(=O)[O-])(OC(=O)C(=C)F)C(F)(F)F. The number of alkyl halides is 7. The van der Waals surface area contributed by atoms with Crippen LogP contribution < -0.4 is 0 Å². The van der Waals surface area contributed by atoms with Crippen LogP contribution in [0.5, 0.6) is 0 Å². The molecule has 0 radical (unpaired) electrons. The molecule has 0 fully saturated rings. The van der Waals surface area contributed by atoms with E-state index in [9.17, 15) is 57.7 Å². The Bertz CT molecular complexity index is 791. The van der Waals surface area contributed by atoms with Crippen LogP contribution in [0.3, 0.4) is 0 Å². The number of hydrogen-bond acceptors (Lipinski definition) is 8. The van der Waals surface area contributed by atoms with E-state index in [1.165, 1.54) is 0 Å². The van der Waals surface area contributed by atoms with Crippen LogP contribution in [0.4, 0.5) is 35.1 Å². The van der Waals surface area contributed by atoms with E-state index in [1.807, 2.05) is 0 Å². The van der Waals surface area contributed by atoms with Crippen LogP contribution in [-0.2, 0) is 33.9 Å². The number of carbonyl (C=O) groups is 2. The normalized spacial score (nSPS) is 15.1. The molecule has 0 aliphatic rings. The molecule has 0 saturated carbocycles. The molecular formula is C13H11F8O8S-. The summed E-state index contributed by atoms with van der Waals surface area (Å²) in [7, 11) is -6.86. The summed E-state index contributed by atoms with van der Waals surface area (Å²) < 4.78 is 147. The Morgan fingerprint density at radius 1 is 1.07 bits per heavy atom. The Kier molecular flexibility index (Phi) is 8.55. The highest BCUT2D eigenvalue weighted by molar-refractivity contribution is 7.86. The minimum atomic E-state index is -6.86. The Morgan fingerprint density at radius 3 is 1.93 bits per heavy atom. The minimum Gasteiger partial charge on any atom is -0.743 e. The molecular weight excluding hydrogens is 468 g/mol. The Hall–Kier alpha value is -2.27. The maximum atomic E-state index is 13.3. The van der Waals surface area contributed by atoms with Crippen molar-refractivity contribution >= 4 is 22.1 Å². The average molecular weight is 479 g/mol. The highest BCUT2D eigenvalue weighted by Gasteiger charge is 2.68. The number of carbonyl (C=O) groups excluding carboxylic acids is 2. The lowest BCUT2D eigenvalue weighted by atomic mass is 10.2. The van der Waals surface area contributed by atoms with Crippen LogP contribution in [0.15, 0.2) is 25.2 Å². The molecule has 0 aromatic carbocycles. The van der Waals surface area contributed by atoms with Gasteiger partial charge in [-0.2, -0.15) is 35.1 Å². The first-order chi connectivity index (χ1) is 13.3. The highest BCUT2D eigenvalue weighted by Crippen LogP contribution is 2.42. The summed E-state index contributed by atoms with van der Waals surface area (Å²) in [5.74, 6) is -17.5. The Balaban J connectivity index is 5.69.